The smallest absolute Gasteiger partial charge is 0.306 e. The summed E-state index contributed by atoms with van der Waals surface area (Å²) in [6.45, 7) is 2.06. The third-order valence-electron chi connectivity index (χ3n) is 2.79. The first kappa shape index (κ1) is 14.8. The van der Waals surface area contributed by atoms with Crippen LogP contribution < -0.4 is 5.32 Å². The number of carbonyl (C=O) groups is 2. The summed E-state index contributed by atoms with van der Waals surface area (Å²) in [5, 5.41) is 2.76. The van der Waals surface area contributed by atoms with Crippen molar-refractivity contribution >= 4 is 17.6 Å². The number of hydrogen-bond acceptors (Lipinski definition) is 4. The van der Waals surface area contributed by atoms with Gasteiger partial charge in [0, 0.05) is 30.2 Å². The molecule has 0 unspecified atom stereocenters. The first-order chi connectivity index (χ1) is 10.2. The van der Waals surface area contributed by atoms with Crippen LogP contribution in [0.5, 0.6) is 0 Å². The highest BCUT2D eigenvalue weighted by Crippen LogP contribution is 2.14. The van der Waals surface area contributed by atoms with Gasteiger partial charge in [-0.05, 0) is 25.1 Å². The zero-order valence-electron chi connectivity index (χ0n) is 11.8. The quantitative estimate of drug-likeness (QED) is 0.826. The van der Waals surface area contributed by atoms with Crippen LogP contribution in [0, 0.1) is 0 Å². The lowest BCUT2D eigenvalue weighted by atomic mass is 10.2. The zero-order valence-corrected chi connectivity index (χ0v) is 11.8. The number of imidazole rings is 1. The number of nitrogens with zero attached hydrogens (tertiary/aromatic N) is 2. The minimum Gasteiger partial charge on any atom is -0.466 e. The van der Waals surface area contributed by atoms with Gasteiger partial charge in [0.15, 0.2) is 0 Å². The molecule has 0 fully saturated rings. The van der Waals surface area contributed by atoms with Crippen molar-refractivity contribution in [3.63, 3.8) is 0 Å². The lowest BCUT2D eigenvalue weighted by molar-refractivity contribution is -0.144. The second kappa shape index (κ2) is 7.23. The number of amides is 1. The Morgan fingerprint density at radius 3 is 2.90 bits per heavy atom. The Morgan fingerprint density at radius 1 is 1.33 bits per heavy atom. The third-order valence-corrected chi connectivity index (χ3v) is 2.79. The molecule has 6 nitrogen and oxygen atoms in total. The Morgan fingerprint density at radius 2 is 2.19 bits per heavy atom. The molecule has 0 bridgehead atoms. The van der Waals surface area contributed by atoms with Crippen LogP contribution >= 0.6 is 0 Å². The summed E-state index contributed by atoms with van der Waals surface area (Å²) in [5.41, 5.74) is 1.57. The van der Waals surface area contributed by atoms with Gasteiger partial charge in [-0.2, -0.15) is 0 Å². The zero-order chi connectivity index (χ0) is 15.1. The van der Waals surface area contributed by atoms with Gasteiger partial charge in [0.05, 0.1) is 19.4 Å². The van der Waals surface area contributed by atoms with Crippen LogP contribution in [0.2, 0.25) is 0 Å². The fourth-order valence-corrected chi connectivity index (χ4v) is 1.83. The van der Waals surface area contributed by atoms with Gasteiger partial charge in [-0.1, -0.05) is 6.07 Å². The highest BCUT2D eigenvalue weighted by atomic mass is 16.5. The molecule has 0 aliphatic rings. The van der Waals surface area contributed by atoms with E-state index < -0.39 is 0 Å². The summed E-state index contributed by atoms with van der Waals surface area (Å²) < 4.78 is 6.62. The van der Waals surface area contributed by atoms with Crippen molar-refractivity contribution in [3.8, 4) is 5.69 Å². The molecule has 0 aliphatic heterocycles. The highest BCUT2D eigenvalue weighted by Gasteiger charge is 2.08. The molecule has 6 heteroatoms. The first-order valence-corrected chi connectivity index (χ1v) is 6.73. The first-order valence-electron chi connectivity index (χ1n) is 6.73. The Balaban J connectivity index is 1.92. The molecule has 1 aromatic carbocycles. The molecule has 110 valence electrons. The molecule has 1 N–H and O–H groups in total. The molecule has 0 radical (unpaired) electrons. The number of esters is 1. The number of ether oxygens (including phenoxy) is 1. The molecule has 0 saturated heterocycles. The van der Waals surface area contributed by atoms with E-state index >= 15 is 0 Å². The van der Waals surface area contributed by atoms with Crippen LogP contribution in [-0.2, 0) is 14.3 Å². The van der Waals surface area contributed by atoms with Crippen LogP contribution in [0.3, 0.4) is 0 Å². The van der Waals surface area contributed by atoms with Crippen molar-refractivity contribution in [3.05, 3.63) is 43.0 Å². The second-order valence-electron chi connectivity index (χ2n) is 4.37. The Kier molecular flexibility index (Phi) is 5.09. The van der Waals surface area contributed by atoms with Gasteiger partial charge in [0.25, 0.3) is 0 Å². The van der Waals surface area contributed by atoms with Gasteiger partial charge in [0.1, 0.15) is 0 Å². The van der Waals surface area contributed by atoms with Gasteiger partial charge in [-0.3, -0.25) is 9.59 Å². The van der Waals surface area contributed by atoms with Crippen molar-refractivity contribution in [2.24, 2.45) is 0 Å². The standard InChI is InChI=1S/C15H17N3O3/c1-2-21-15(20)7-6-14(19)17-12-4-3-5-13(10-12)18-9-8-16-11-18/h3-5,8-11H,2,6-7H2,1H3,(H,17,19). The fraction of sp³-hybridized carbons (Fsp3) is 0.267. The van der Waals surface area contributed by atoms with Gasteiger partial charge in [0.2, 0.25) is 5.91 Å². The summed E-state index contributed by atoms with van der Waals surface area (Å²) >= 11 is 0. The molecule has 2 aromatic rings. The van der Waals surface area contributed by atoms with Crippen LogP contribution in [0.25, 0.3) is 5.69 Å². The van der Waals surface area contributed by atoms with Gasteiger partial charge in [-0.25, -0.2) is 4.98 Å². The number of rotatable bonds is 6. The van der Waals surface area contributed by atoms with E-state index in [-0.39, 0.29) is 24.7 Å². The fourth-order valence-electron chi connectivity index (χ4n) is 1.83. The number of benzene rings is 1. The van der Waals surface area contributed by atoms with E-state index in [0.717, 1.165) is 5.69 Å². The van der Waals surface area contributed by atoms with Gasteiger partial charge < -0.3 is 14.6 Å². The molecule has 0 spiro atoms. The van der Waals surface area contributed by atoms with Crippen LogP contribution in [0.4, 0.5) is 5.69 Å². The van der Waals surface area contributed by atoms with Gasteiger partial charge in [-0.15, -0.1) is 0 Å². The van der Waals surface area contributed by atoms with E-state index in [1.807, 2.05) is 29.0 Å². The number of aromatic nitrogens is 2. The maximum absolute atomic E-state index is 11.8. The largest absolute Gasteiger partial charge is 0.466 e. The van der Waals surface area contributed by atoms with Gasteiger partial charge >= 0.3 is 5.97 Å². The normalized spacial score (nSPS) is 10.1. The molecule has 0 atom stereocenters. The maximum Gasteiger partial charge on any atom is 0.306 e. The van der Waals surface area contributed by atoms with E-state index in [9.17, 15) is 9.59 Å². The van der Waals surface area contributed by atoms with Crippen molar-refractivity contribution in [1.82, 2.24) is 9.55 Å². The van der Waals surface area contributed by atoms with E-state index in [1.54, 1.807) is 25.5 Å². The van der Waals surface area contributed by atoms with Crippen molar-refractivity contribution in [2.75, 3.05) is 11.9 Å². The Hall–Kier alpha value is -2.63. The Labute approximate surface area is 122 Å². The second-order valence-corrected chi connectivity index (χ2v) is 4.37. The Bertz CT molecular complexity index is 608. The summed E-state index contributed by atoms with van der Waals surface area (Å²) in [4.78, 5) is 27.0. The SMILES string of the molecule is CCOC(=O)CCC(=O)Nc1cccc(-n2ccnc2)c1. The van der Waals surface area contributed by atoms with Crippen LogP contribution in [-0.4, -0.2) is 28.0 Å². The maximum atomic E-state index is 11.8. The average Bonchev–Trinajstić information content (AvgIpc) is 3.00. The number of anilines is 1. The molecule has 1 amide bonds. The number of nitrogens with one attached hydrogen (secondary N) is 1. The minimum atomic E-state index is -0.361. The lowest BCUT2D eigenvalue weighted by Crippen LogP contribution is -2.14. The molecular formula is C15H17N3O3. The van der Waals surface area contributed by atoms with E-state index in [4.69, 9.17) is 4.74 Å². The monoisotopic (exact) mass is 287 g/mol. The minimum absolute atomic E-state index is 0.0842. The summed E-state index contributed by atoms with van der Waals surface area (Å²) in [6.07, 6.45) is 5.38. The molecular weight excluding hydrogens is 270 g/mol. The molecule has 2 rings (SSSR count). The lowest BCUT2D eigenvalue weighted by Gasteiger charge is -2.08. The van der Waals surface area contributed by atoms with E-state index in [1.165, 1.54) is 0 Å². The molecule has 1 aromatic heterocycles. The van der Waals surface area contributed by atoms with E-state index in [0.29, 0.717) is 12.3 Å². The van der Waals surface area contributed by atoms with Crippen molar-refractivity contribution in [1.29, 1.82) is 0 Å². The van der Waals surface area contributed by atoms with Crippen molar-refractivity contribution < 1.29 is 14.3 Å². The predicted molar refractivity (Wildman–Crippen MR) is 78.1 cm³/mol. The number of carbonyl (C=O) groups excluding carboxylic acids is 2. The van der Waals surface area contributed by atoms with Crippen LogP contribution in [0.15, 0.2) is 43.0 Å². The average molecular weight is 287 g/mol. The summed E-state index contributed by atoms with van der Waals surface area (Å²) in [6, 6.07) is 7.39. The highest BCUT2D eigenvalue weighted by molar-refractivity contribution is 5.92. The molecule has 0 aliphatic carbocycles. The molecule has 21 heavy (non-hydrogen) atoms. The summed E-state index contributed by atoms with van der Waals surface area (Å²) in [5.74, 6) is -0.578. The number of hydrogen-bond donors (Lipinski definition) is 1. The molecule has 1 heterocycles. The summed E-state index contributed by atoms with van der Waals surface area (Å²) in [7, 11) is 0. The topological polar surface area (TPSA) is 73.2 Å². The molecule has 0 saturated carbocycles. The van der Waals surface area contributed by atoms with E-state index in [2.05, 4.69) is 10.3 Å². The third kappa shape index (κ3) is 4.45. The van der Waals surface area contributed by atoms with Crippen molar-refractivity contribution in [2.45, 2.75) is 19.8 Å². The van der Waals surface area contributed by atoms with Crippen LogP contribution in [0.1, 0.15) is 19.8 Å². The predicted octanol–water partition coefficient (Wildman–Crippen LogP) is 2.15.